The third kappa shape index (κ3) is 2.67. The van der Waals surface area contributed by atoms with Crippen LogP contribution in [-0.2, 0) is 6.42 Å². The van der Waals surface area contributed by atoms with Crippen LogP contribution in [0.5, 0.6) is 5.75 Å². The van der Waals surface area contributed by atoms with E-state index in [2.05, 4.69) is 44.4 Å². The van der Waals surface area contributed by atoms with Gasteiger partial charge >= 0.3 is 0 Å². The summed E-state index contributed by atoms with van der Waals surface area (Å²) in [5.41, 5.74) is 11.3. The van der Waals surface area contributed by atoms with Gasteiger partial charge in [0.05, 0.1) is 13.2 Å². The van der Waals surface area contributed by atoms with Gasteiger partial charge in [0.2, 0.25) is 0 Å². The number of rotatable bonds is 4. The smallest absolute Gasteiger partial charge is 0.122 e. The molecule has 0 saturated heterocycles. The summed E-state index contributed by atoms with van der Waals surface area (Å²) < 4.78 is 5.36. The van der Waals surface area contributed by atoms with E-state index < -0.39 is 0 Å². The van der Waals surface area contributed by atoms with Crippen LogP contribution in [0.15, 0.2) is 23.6 Å². The number of methoxy groups -OCH3 is 1. The van der Waals surface area contributed by atoms with Crippen molar-refractivity contribution < 1.29 is 4.74 Å². The zero-order chi connectivity index (χ0) is 14.0. The molecular weight excluding hydrogens is 254 g/mol. The van der Waals surface area contributed by atoms with Crippen molar-refractivity contribution in [2.75, 3.05) is 7.11 Å². The molecule has 2 N–H and O–H groups in total. The van der Waals surface area contributed by atoms with Gasteiger partial charge in [-0.25, -0.2) is 0 Å². The second kappa shape index (κ2) is 5.76. The normalized spacial score (nSPS) is 12.5. The highest BCUT2D eigenvalue weighted by Crippen LogP contribution is 2.32. The predicted octanol–water partition coefficient (Wildman–Crippen LogP) is 3.98. The van der Waals surface area contributed by atoms with E-state index in [4.69, 9.17) is 10.5 Å². The van der Waals surface area contributed by atoms with Gasteiger partial charge < -0.3 is 10.5 Å². The second-order valence-electron chi connectivity index (χ2n) is 4.82. The summed E-state index contributed by atoms with van der Waals surface area (Å²) in [6.07, 6.45) is 1.03. The third-order valence-corrected chi connectivity index (χ3v) is 4.60. The van der Waals surface area contributed by atoms with Crippen molar-refractivity contribution in [3.8, 4) is 5.75 Å². The highest BCUT2D eigenvalue weighted by Gasteiger charge is 2.17. The van der Waals surface area contributed by atoms with Gasteiger partial charge in [-0.05, 0) is 60.0 Å². The number of nitrogens with two attached hydrogens (primary N) is 1. The summed E-state index contributed by atoms with van der Waals surface area (Å²) in [6.45, 7) is 6.32. The lowest BCUT2D eigenvalue weighted by Gasteiger charge is -2.17. The fourth-order valence-electron chi connectivity index (χ4n) is 2.42. The Balaban J connectivity index is 2.44. The Morgan fingerprint density at radius 1 is 1.26 bits per heavy atom. The largest absolute Gasteiger partial charge is 0.496 e. The maximum Gasteiger partial charge on any atom is 0.122 e. The Labute approximate surface area is 119 Å². The Bertz CT molecular complexity index is 574. The molecule has 102 valence electrons. The number of aryl methyl sites for hydroxylation is 3. The van der Waals surface area contributed by atoms with E-state index in [-0.39, 0.29) is 6.04 Å². The van der Waals surface area contributed by atoms with Gasteiger partial charge in [-0.15, -0.1) is 11.3 Å². The van der Waals surface area contributed by atoms with E-state index in [0.717, 1.165) is 17.7 Å². The Hall–Kier alpha value is -1.32. The van der Waals surface area contributed by atoms with Gasteiger partial charge in [-0.3, -0.25) is 0 Å². The average molecular weight is 275 g/mol. The maximum atomic E-state index is 6.47. The first-order valence-electron chi connectivity index (χ1n) is 6.55. The molecule has 19 heavy (non-hydrogen) atoms. The first kappa shape index (κ1) is 14.1. The molecular formula is C16H21NOS. The number of ether oxygens (including phenoxy) is 1. The summed E-state index contributed by atoms with van der Waals surface area (Å²) in [5, 5.41) is 2.12. The van der Waals surface area contributed by atoms with Crippen molar-refractivity contribution in [2.45, 2.75) is 33.2 Å². The SMILES string of the molecule is CCc1ccsc1C(N)c1cc(C)c(OC)cc1C. The molecule has 1 heterocycles. The molecule has 0 fully saturated rings. The lowest BCUT2D eigenvalue weighted by molar-refractivity contribution is 0.411. The van der Waals surface area contributed by atoms with E-state index >= 15 is 0 Å². The van der Waals surface area contributed by atoms with Crippen molar-refractivity contribution in [1.82, 2.24) is 0 Å². The highest BCUT2D eigenvalue weighted by molar-refractivity contribution is 7.10. The molecule has 0 amide bonds. The van der Waals surface area contributed by atoms with Gasteiger partial charge in [-0.1, -0.05) is 13.0 Å². The molecule has 0 saturated carbocycles. The van der Waals surface area contributed by atoms with Gasteiger partial charge in [0, 0.05) is 4.88 Å². The molecule has 0 radical (unpaired) electrons. The molecule has 0 aliphatic heterocycles. The number of thiophene rings is 1. The Morgan fingerprint density at radius 2 is 2.00 bits per heavy atom. The summed E-state index contributed by atoms with van der Waals surface area (Å²) >= 11 is 1.75. The molecule has 3 heteroatoms. The van der Waals surface area contributed by atoms with E-state index in [0.29, 0.717) is 0 Å². The second-order valence-corrected chi connectivity index (χ2v) is 5.77. The lowest BCUT2D eigenvalue weighted by atomic mass is 9.96. The number of benzene rings is 1. The highest BCUT2D eigenvalue weighted by atomic mass is 32.1. The van der Waals surface area contributed by atoms with Gasteiger partial charge in [0.1, 0.15) is 5.75 Å². The summed E-state index contributed by atoms with van der Waals surface area (Å²) in [5.74, 6) is 0.926. The van der Waals surface area contributed by atoms with Crippen LogP contribution in [0.4, 0.5) is 0 Å². The molecule has 1 aromatic heterocycles. The summed E-state index contributed by atoms with van der Waals surface area (Å²) in [6, 6.07) is 6.35. The fourth-order valence-corrected chi connectivity index (χ4v) is 3.44. The van der Waals surface area contributed by atoms with Gasteiger partial charge in [-0.2, -0.15) is 0 Å². The third-order valence-electron chi connectivity index (χ3n) is 3.56. The number of hydrogen-bond donors (Lipinski definition) is 1. The standard InChI is InChI=1S/C16H21NOS/c1-5-12-6-7-19-16(12)15(17)13-8-11(3)14(18-4)9-10(13)2/h6-9,15H,5,17H2,1-4H3. The monoisotopic (exact) mass is 275 g/mol. The van der Waals surface area contributed by atoms with Gasteiger partial charge in [0.25, 0.3) is 0 Å². The minimum Gasteiger partial charge on any atom is -0.496 e. The Morgan fingerprint density at radius 3 is 2.63 bits per heavy atom. The number of hydrogen-bond acceptors (Lipinski definition) is 3. The maximum absolute atomic E-state index is 6.47. The molecule has 0 spiro atoms. The molecule has 2 aromatic rings. The molecule has 0 bridgehead atoms. The van der Waals surface area contributed by atoms with Crippen LogP contribution < -0.4 is 10.5 Å². The molecule has 1 atom stereocenters. The molecule has 1 aromatic carbocycles. The van der Waals surface area contributed by atoms with Crippen molar-refractivity contribution >= 4 is 11.3 Å². The Kier molecular flexibility index (Phi) is 4.27. The zero-order valence-electron chi connectivity index (χ0n) is 12.0. The molecule has 0 aliphatic rings. The van der Waals surface area contributed by atoms with E-state index in [9.17, 15) is 0 Å². The fraction of sp³-hybridized carbons (Fsp3) is 0.375. The first-order valence-corrected chi connectivity index (χ1v) is 7.43. The summed E-state index contributed by atoms with van der Waals surface area (Å²) in [7, 11) is 1.70. The average Bonchev–Trinajstić information content (AvgIpc) is 2.88. The van der Waals surface area contributed by atoms with Gasteiger partial charge in [0.15, 0.2) is 0 Å². The lowest BCUT2D eigenvalue weighted by Crippen LogP contribution is -2.14. The predicted molar refractivity (Wildman–Crippen MR) is 82.2 cm³/mol. The van der Waals surface area contributed by atoms with E-state index in [1.165, 1.54) is 21.6 Å². The first-order chi connectivity index (χ1) is 9.08. The summed E-state index contributed by atoms with van der Waals surface area (Å²) in [4.78, 5) is 1.27. The van der Waals surface area contributed by atoms with E-state index in [1.807, 2.05) is 0 Å². The van der Waals surface area contributed by atoms with Crippen molar-refractivity contribution in [3.05, 3.63) is 50.7 Å². The zero-order valence-corrected chi connectivity index (χ0v) is 12.8. The minimum atomic E-state index is -0.0421. The van der Waals surface area contributed by atoms with Crippen LogP contribution in [0.25, 0.3) is 0 Å². The van der Waals surface area contributed by atoms with E-state index in [1.54, 1.807) is 18.4 Å². The topological polar surface area (TPSA) is 35.2 Å². The van der Waals surface area contributed by atoms with Crippen LogP contribution in [0.3, 0.4) is 0 Å². The van der Waals surface area contributed by atoms with Crippen LogP contribution >= 0.6 is 11.3 Å². The minimum absolute atomic E-state index is 0.0421. The molecule has 2 rings (SSSR count). The molecule has 1 unspecified atom stereocenters. The quantitative estimate of drug-likeness (QED) is 0.916. The van der Waals surface area contributed by atoms with Crippen molar-refractivity contribution in [3.63, 3.8) is 0 Å². The van der Waals surface area contributed by atoms with Crippen LogP contribution in [0.2, 0.25) is 0 Å². The molecule has 2 nitrogen and oxygen atoms in total. The molecule has 0 aliphatic carbocycles. The van der Waals surface area contributed by atoms with Crippen molar-refractivity contribution in [2.24, 2.45) is 5.73 Å². The van der Waals surface area contributed by atoms with Crippen LogP contribution in [0.1, 0.15) is 40.1 Å². The van der Waals surface area contributed by atoms with Crippen LogP contribution in [-0.4, -0.2) is 7.11 Å². The van der Waals surface area contributed by atoms with Crippen LogP contribution in [0, 0.1) is 13.8 Å². The van der Waals surface area contributed by atoms with Crippen molar-refractivity contribution in [1.29, 1.82) is 0 Å².